The lowest BCUT2D eigenvalue weighted by molar-refractivity contribution is 0.0647. The number of nitrogens with one attached hydrogen (secondary N) is 1. The van der Waals surface area contributed by atoms with Gasteiger partial charge in [0, 0.05) is 37.0 Å². The number of hydrogen-bond donors (Lipinski definition) is 3. The van der Waals surface area contributed by atoms with Crippen molar-refractivity contribution < 1.29 is 28.9 Å². The zero-order valence-electron chi connectivity index (χ0n) is 22.2. The molecule has 1 saturated carbocycles. The highest BCUT2D eigenvalue weighted by atomic mass is 19.1. The molecule has 202 valence electrons. The average Bonchev–Trinajstić information content (AvgIpc) is 2.79. The maximum Gasteiger partial charge on any atom is 0.404 e. The number of halogens is 1. The van der Waals surface area contributed by atoms with Crippen molar-refractivity contribution in [3.63, 3.8) is 0 Å². The molecule has 0 spiro atoms. The van der Waals surface area contributed by atoms with Crippen LogP contribution in [0.25, 0.3) is 11.1 Å². The third-order valence-electron chi connectivity index (χ3n) is 6.83. The van der Waals surface area contributed by atoms with Crippen LogP contribution in [0.5, 0.6) is 17.2 Å². The molecule has 1 amide bonds. The highest BCUT2D eigenvalue weighted by Crippen LogP contribution is 2.43. The average molecular weight is 525 g/mol. The standard InChI is InChI=1S/C29H33FN2O6/c1-16-8-20(30)9-17(2)27(16)38-24-7-6-19(29(3,4)36)12-22(24)23-15-32(5)26(33)13-25(23)37-21-10-18(11-21)14-31-28(34)35/h6-9,12-13,15,18,21,31,36H,10-11,14H2,1-5H3,(H,34,35). The maximum absolute atomic E-state index is 13.9. The number of rotatable bonds is 8. The number of ether oxygens (including phenoxy) is 2. The molecule has 8 nitrogen and oxygen atoms in total. The van der Waals surface area contributed by atoms with E-state index in [1.807, 2.05) is 0 Å². The van der Waals surface area contributed by atoms with E-state index in [1.165, 1.54) is 22.8 Å². The Balaban J connectivity index is 1.75. The molecular formula is C29H33FN2O6. The van der Waals surface area contributed by atoms with E-state index in [9.17, 15) is 19.1 Å². The fourth-order valence-electron chi connectivity index (χ4n) is 4.64. The summed E-state index contributed by atoms with van der Waals surface area (Å²) < 4.78 is 27.9. The second-order valence-corrected chi connectivity index (χ2v) is 10.5. The van der Waals surface area contributed by atoms with Crippen molar-refractivity contribution in [2.24, 2.45) is 13.0 Å². The summed E-state index contributed by atoms with van der Waals surface area (Å²) in [7, 11) is 1.64. The summed E-state index contributed by atoms with van der Waals surface area (Å²) in [4.78, 5) is 23.4. The molecule has 0 radical (unpaired) electrons. The highest BCUT2D eigenvalue weighted by molar-refractivity contribution is 5.76. The van der Waals surface area contributed by atoms with Gasteiger partial charge in [-0.05, 0) is 87.4 Å². The number of nitrogens with zero attached hydrogens (tertiary/aromatic N) is 1. The first-order valence-electron chi connectivity index (χ1n) is 12.5. The molecular weight excluding hydrogens is 491 g/mol. The molecule has 1 aliphatic carbocycles. The normalized spacial score (nSPS) is 17.0. The monoisotopic (exact) mass is 524 g/mol. The molecule has 9 heteroatoms. The van der Waals surface area contributed by atoms with Gasteiger partial charge in [0.05, 0.1) is 11.7 Å². The van der Waals surface area contributed by atoms with Gasteiger partial charge in [-0.15, -0.1) is 0 Å². The Morgan fingerprint density at radius 2 is 1.76 bits per heavy atom. The smallest absolute Gasteiger partial charge is 0.404 e. The Morgan fingerprint density at radius 1 is 1.11 bits per heavy atom. The minimum absolute atomic E-state index is 0.160. The Morgan fingerprint density at radius 3 is 2.37 bits per heavy atom. The first-order chi connectivity index (χ1) is 17.8. The van der Waals surface area contributed by atoms with Crippen molar-refractivity contribution in [1.29, 1.82) is 0 Å². The van der Waals surface area contributed by atoms with E-state index in [0.717, 1.165) is 0 Å². The second-order valence-electron chi connectivity index (χ2n) is 10.5. The van der Waals surface area contributed by atoms with E-state index >= 15 is 0 Å². The molecule has 0 aliphatic heterocycles. The molecule has 38 heavy (non-hydrogen) atoms. The van der Waals surface area contributed by atoms with Gasteiger partial charge in [0.2, 0.25) is 0 Å². The maximum atomic E-state index is 13.9. The van der Waals surface area contributed by atoms with Gasteiger partial charge in [-0.25, -0.2) is 9.18 Å². The van der Waals surface area contributed by atoms with Crippen LogP contribution in [-0.4, -0.2) is 33.5 Å². The van der Waals surface area contributed by atoms with Crippen molar-refractivity contribution in [2.75, 3.05) is 6.54 Å². The molecule has 0 unspecified atom stereocenters. The van der Waals surface area contributed by atoms with Crippen molar-refractivity contribution in [3.8, 4) is 28.4 Å². The number of pyridine rings is 1. The van der Waals surface area contributed by atoms with Crippen molar-refractivity contribution in [2.45, 2.75) is 52.2 Å². The van der Waals surface area contributed by atoms with Gasteiger partial charge in [0.15, 0.2) is 0 Å². The first-order valence-corrected chi connectivity index (χ1v) is 12.5. The fourth-order valence-corrected chi connectivity index (χ4v) is 4.64. The lowest BCUT2D eigenvalue weighted by Gasteiger charge is -2.35. The van der Waals surface area contributed by atoms with Crippen LogP contribution in [0, 0.1) is 25.6 Å². The van der Waals surface area contributed by atoms with Gasteiger partial charge >= 0.3 is 6.09 Å². The van der Waals surface area contributed by atoms with Crippen LogP contribution in [-0.2, 0) is 12.6 Å². The molecule has 1 aromatic heterocycles. The van der Waals surface area contributed by atoms with Crippen LogP contribution < -0.4 is 20.3 Å². The lowest BCUT2D eigenvalue weighted by atomic mass is 9.82. The highest BCUT2D eigenvalue weighted by Gasteiger charge is 2.32. The van der Waals surface area contributed by atoms with Crippen molar-refractivity contribution in [3.05, 3.63) is 75.5 Å². The Kier molecular flexibility index (Phi) is 7.51. The summed E-state index contributed by atoms with van der Waals surface area (Å²) in [5.41, 5.74) is 1.70. The van der Waals surface area contributed by atoms with Crippen LogP contribution in [0.1, 0.15) is 43.4 Å². The van der Waals surface area contributed by atoms with Gasteiger partial charge in [-0.1, -0.05) is 6.07 Å². The minimum Gasteiger partial charge on any atom is -0.489 e. The third-order valence-corrected chi connectivity index (χ3v) is 6.83. The zero-order chi connectivity index (χ0) is 27.8. The largest absolute Gasteiger partial charge is 0.489 e. The third kappa shape index (κ3) is 5.99. The van der Waals surface area contributed by atoms with Crippen LogP contribution in [0.2, 0.25) is 0 Å². The molecule has 0 bridgehead atoms. The van der Waals surface area contributed by atoms with E-state index in [-0.39, 0.29) is 23.4 Å². The number of carbonyl (C=O) groups is 1. The van der Waals surface area contributed by atoms with Gasteiger partial charge in [-0.2, -0.15) is 0 Å². The summed E-state index contributed by atoms with van der Waals surface area (Å²) in [6.45, 7) is 7.24. The van der Waals surface area contributed by atoms with Gasteiger partial charge in [-0.3, -0.25) is 4.79 Å². The van der Waals surface area contributed by atoms with Crippen molar-refractivity contribution >= 4 is 6.09 Å². The number of aryl methyl sites for hydroxylation is 3. The topological polar surface area (TPSA) is 110 Å². The number of benzene rings is 2. The van der Waals surface area contributed by atoms with E-state index in [4.69, 9.17) is 14.6 Å². The summed E-state index contributed by atoms with van der Waals surface area (Å²) in [6, 6.07) is 9.54. The molecule has 1 aliphatic rings. The van der Waals surface area contributed by atoms with Gasteiger partial charge < -0.3 is 29.6 Å². The van der Waals surface area contributed by atoms with E-state index in [1.54, 1.807) is 59.1 Å². The summed E-state index contributed by atoms with van der Waals surface area (Å²) in [6.07, 6.45) is 1.73. The number of hydrogen-bond acceptors (Lipinski definition) is 5. The SMILES string of the molecule is Cc1cc(F)cc(C)c1Oc1ccc(C(C)(C)O)cc1-c1cn(C)c(=O)cc1OC1CC(CNC(=O)O)C1. The summed E-state index contributed by atoms with van der Waals surface area (Å²) in [5, 5.41) is 21.9. The predicted molar refractivity (Wildman–Crippen MR) is 141 cm³/mol. The van der Waals surface area contributed by atoms with Crippen molar-refractivity contribution in [1.82, 2.24) is 9.88 Å². The Bertz CT molecular complexity index is 1400. The van der Waals surface area contributed by atoms with Gasteiger partial charge in [0.1, 0.15) is 23.1 Å². The fraction of sp³-hybridized carbons (Fsp3) is 0.379. The number of aliphatic hydroxyl groups is 1. The van der Waals surface area contributed by atoms with Crippen LogP contribution in [0.4, 0.5) is 9.18 Å². The number of aromatic nitrogens is 1. The van der Waals surface area contributed by atoms with Crippen LogP contribution >= 0.6 is 0 Å². The zero-order valence-corrected chi connectivity index (χ0v) is 22.2. The van der Waals surface area contributed by atoms with Gasteiger partial charge in [0.25, 0.3) is 5.56 Å². The molecule has 0 saturated heterocycles. The Labute approximate surface area is 220 Å². The molecule has 4 rings (SSSR count). The van der Waals surface area contributed by atoms with E-state index < -0.39 is 11.7 Å². The minimum atomic E-state index is -1.14. The number of amides is 1. The second kappa shape index (κ2) is 10.5. The summed E-state index contributed by atoms with van der Waals surface area (Å²) in [5.74, 6) is 1.15. The Hall–Kier alpha value is -3.85. The first kappa shape index (κ1) is 27.2. The van der Waals surface area contributed by atoms with Crippen LogP contribution in [0.3, 0.4) is 0 Å². The van der Waals surface area contributed by atoms with Crippen LogP contribution in [0.15, 0.2) is 47.4 Å². The molecule has 3 N–H and O–H groups in total. The molecule has 2 aromatic carbocycles. The van der Waals surface area contributed by atoms with E-state index in [2.05, 4.69) is 5.32 Å². The summed E-state index contributed by atoms with van der Waals surface area (Å²) >= 11 is 0. The predicted octanol–water partition coefficient (Wildman–Crippen LogP) is 5.25. The number of carboxylic acid groups (broad SMARTS) is 1. The quantitative estimate of drug-likeness (QED) is 0.371. The van der Waals surface area contributed by atoms with E-state index in [0.29, 0.717) is 64.5 Å². The molecule has 0 atom stereocenters. The molecule has 1 fully saturated rings. The molecule has 1 heterocycles. The molecule has 3 aromatic rings. The lowest BCUT2D eigenvalue weighted by Crippen LogP contribution is -2.41.